The Hall–Kier alpha value is -1.91. The first kappa shape index (κ1) is 17.5. The Balaban J connectivity index is 1.32. The molecule has 0 radical (unpaired) electrons. The highest BCUT2D eigenvalue weighted by Crippen LogP contribution is 2.38. The Morgan fingerprint density at radius 2 is 1.65 bits per heavy atom. The lowest BCUT2D eigenvalue weighted by atomic mass is 10.1. The van der Waals surface area contributed by atoms with E-state index < -0.39 is 0 Å². The zero-order valence-electron chi connectivity index (χ0n) is 15.9. The van der Waals surface area contributed by atoms with E-state index >= 15 is 0 Å². The Bertz CT molecular complexity index is 768. The van der Waals surface area contributed by atoms with E-state index in [0.29, 0.717) is 12.6 Å². The zero-order chi connectivity index (χ0) is 18.1. The smallest absolute Gasteiger partial charge is 0.178 e. The van der Waals surface area contributed by atoms with E-state index in [9.17, 15) is 4.79 Å². The average Bonchev–Trinajstić information content (AvgIpc) is 3.42. The number of Topliss-reactive ketones (excluding diaryl/α,β-unsaturated/α-hetero) is 1. The van der Waals surface area contributed by atoms with Crippen molar-refractivity contribution in [2.24, 2.45) is 0 Å². The quantitative estimate of drug-likeness (QED) is 0.747. The highest BCUT2D eigenvalue weighted by molar-refractivity contribution is 5.99. The number of hydrogen-bond donors (Lipinski definition) is 0. The SMILES string of the molecule is Cc1cc(C(=O)CN2CCN(Cc3ccccc3)CC2)c(C)n1C1CC1. The van der Waals surface area contributed by atoms with Crippen LogP contribution >= 0.6 is 0 Å². The number of carbonyl (C=O) groups is 1. The topological polar surface area (TPSA) is 28.5 Å². The maximum atomic E-state index is 12.8. The molecule has 2 aliphatic rings. The third-order valence-electron chi connectivity index (χ3n) is 5.78. The summed E-state index contributed by atoms with van der Waals surface area (Å²) in [7, 11) is 0. The summed E-state index contributed by atoms with van der Waals surface area (Å²) in [4.78, 5) is 17.6. The molecule has 4 heteroatoms. The summed E-state index contributed by atoms with van der Waals surface area (Å²) in [6, 6.07) is 13.4. The van der Waals surface area contributed by atoms with Crippen LogP contribution in [-0.2, 0) is 6.54 Å². The van der Waals surface area contributed by atoms with Crippen LogP contribution in [0.25, 0.3) is 0 Å². The Morgan fingerprint density at radius 3 is 2.31 bits per heavy atom. The summed E-state index contributed by atoms with van der Waals surface area (Å²) in [5.41, 5.74) is 4.70. The molecule has 4 nitrogen and oxygen atoms in total. The second kappa shape index (κ2) is 7.37. The van der Waals surface area contributed by atoms with E-state index in [0.717, 1.165) is 44.0 Å². The van der Waals surface area contributed by atoms with Crippen molar-refractivity contribution < 1.29 is 4.79 Å². The second-order valence-corrected chi connectivity index (χ2v) is 7.85. The van der Waals surface area contributed by atoms with Crippen LogP contribution in [0, 0.1) is 13.8 Å². The number of rotatable bonds is 6. The molecule has 0 N–H and O–H groups in total. The summed E-state index contributed by atoms with van der Waals surface area (Å²) in [5.74, 6) is 0.279. The van der Waals surface area contributed by atoms with Crippen molar-refractivity contribution in [3.05, 3.63) is 58.9 Å². The van der Waals surface area contributed by atoms with Crippen LogP contribution in [-0.4, -0.2) is 52.9 Å². The van der Waals surface area contributed by atoms with Gasteiger partial charge >= 0.3 is 0 Å². The molecule has 26 heavy (non-hydrogen) atoms. The third-order valence-corrected chi connectivity index (χ3v) is 5.78. The van der Waals surface area contributed by atoms with E-state index in [2.05, 4.69) is 64.6 Å². The molecule has 138 valence electrons. The molecule has 0 spiro atoms. The number of hydrogen-bond acceptors (Lipinski definition) is 3. The fourth-order valence-corrected chi connectivity index (χ4v) is 4.19. The van der Waals surface area contributed by atoms with Crippen molar-refractivity contribution in [2.45, 2.75) is 39.3 Å². The molecule has 2 heterocycles. The third kappa shape index (κ3) is 3.76. The van der Waals surface area contributed by atoms with Crippen LogP contribution in [0.3, 0.4) is 0 Å². The van der Waals surface area contributed by atoms with Crippen molar-refractivity contribution in [2.75, 3.05) is 32.7 Å². The average molecular weight is 351 g/mol. The summed E-state index contributed by atoms with van der Waals surface area (Å²) in [5, 5.41) is 0. The van der Waals surface area contributed by atoms with E-state index in [-0.39, 0.29) is 5.78 Å². The van der Waals surface area contributed by atoms with Gasteiger partial charge in [0.2, 0.25) is 0 Å². The fraction of sp³-hybridized carbons (Fsp3) is 0.500. The normalized spacial score (nSPS) is 19.0. The molecule has 2 fully saturated rings. The lowest BCUT2D eigenvalue weighted by molar-refractivity contribution is 0.0843. The van der Waals surface area contributed by atoms with Crippen LogP contribution in [0.4, 0.5) is 0 Å². The Kier molecular flexibility index (Phi) is 4.96. The van der Waals surface area contributed by atoms with Crippen molar-refractivity contribution in [3.63, 3.8) is 0 Å². The summed E-state index contributed by atoms with van der Waals surface area (Å²) in [6.45, 7) is 9.80. The first-order valence-electron chi connectivity index (χ1n) is 9.82. The van der Waals surface area contributed by atoms with Crippen molar-refractivity contribution in [1.82, 2.24) is 14.4 Å². The predicted octanol–water partition coefficient (Wildman–Crippen LogP) is 3.44. The highest BCUT2D eigenvalue weighted by Gasteiger charge is 2.29. The molecule has 1 aromatic carbocycles. The molecule has 1 aliphatic heterocycles. The van der Waals surface area contributed by atoms with Gasteiger partial charge in [0.05, 0.1) is 6.54 Å². The van der Waals surface area contributed by atoms with Crippen LogP contribution in [0.1, 0.15) is 46.2 Å². The van der Waals surface area contributed by atoms with Gasteiger partial charge in [-0.2, -0.15) is 0 Å². The van der Waals surface area contributed by atoms with Crippen LogP contribution < -0.4 is 0 Å². The molecule has 0 unspecified atom stereocenters. The van der Waals surface area contributed by atoms with Gasteiger partial charge in [-0.1, -0.05) is 30.3 Å². The number of aromatic nitrogens is 1. The molecule has 1 aromatic heterocycles. The van der Waals surface area contributed by atoms with Gasteiger partial charge in [-0.3, -0.25) is 14.6 Å². The maximum Gasteiger partial charge on any atom is 0.178 e. The van der Waals surface area contributed by atoms with E-state index in [4.69, 9.17) is 0 Å². The molecule has 0 bridgehead atoms. The predicted molar refractivity (Wildman–Crippen MR) is 105 cm³/mol. The van der Waals surface area contributed by atoms with Crippen molar-refractivity contribution in [3.8, 4) is 0 Å². The number of aryl methyl sites for hydroxylation is 1. The van der Waals surface area contributed by atoms with E-state index in [1.807, 2.05) is 0 Å². The second-order valence-electron chi connectivity index (χ2n) is 7.85. The molecular formula is C22H29N3O. The summed E-state index contributed by atoms with van der Waals surface area (Å²) in [6.07, 6.45) is 2.51. The maximum absolute atomic E-state index is 12.8. The van der Waals surface area contributed by atoms with Crippen molar-refractivity contribution >= 4 is 5.78 Å². The van der Waals surface area contributed by atoms with Gasteiger partial charge in [0.25, 0.3) is 0 Å². The number of carbonyl (C=O) groups excluding carboxylic acids is 1. The molecule has 2 aromatic rings. The minimum atomic E-state index is 0.279. The Morgan fingerprint density at radius 1 is 1.00 bits per heavy atom. The standard InChI is InChI=1S/C22H29N3O/c1-17-14-21(18(2)25(17)20-8-9-20)22(26)16-24-12-10-23(11-13-24)15-19-6-4-3-5-7-19/h3-7,14,20H,8-13,15-16H2,1-2H3. The minimum Gasteiger partial charge on any atom is -0.345 e. The molecule has 1 saturated heterocycles. The fourth-order valence-electron chi connectivity index (χ4n) is 4.19. The largest absolute Gasteiger partial charge is 0.345 e. The van der Waals surface area contributed by atoms with E-state index in [1.165, 1.54) is 24.1 Å². The van der Waals surface area contributed by atoms with Gasteiger partial charge < -0.3 is 4.57 Å². The number of piperazine rings is 1. The highest BCUT2D eigenvalue weighted by atomic mass is 16.1. The monoisotopic (exact) mass is 351 g/mol. The molecule has 4 rings (SSSR count). The van der Waals surface area contributed by atoms with E-state index in [1.54, 1.807) is 0 Å². The zero-order valence-corrected chi connectivity index (χ0v) is 15.9. The van der Waals surface area contributed by atoms with Crippen LogP contribution in [0.2, 0.25) is 0 Å². The lowest BCUT2D eigenvalue weighted by Gasteiger charge is -2.34. The number of nitrogens with zero attached hydrogens (tertiary/aromatic N) is 3. The Labute approximate surface area is 156 Å². The minimum absolute atomic E-state index is 0.279. The van der Waals surface area contributed by atoms with Gasteiger partial charge in [-0.25, -0.2) is 0 Å². The van der Waals surface area contributed by atoms with Crippen molar-refractivity contribution in [1.29, 1.82) is 0 Å². The van der Waals surface area contributed by atoms with Gasteiger partial charge in [0.1, 0.15) is 0 Å². The molecule has 0 amide bonds. The first-order valence-corrected chi connectivity index (χ1v) is 9.82. The summed E-state index contributed by atoms with van der Waals surface area (Å²) < 4.78 is 2.37. The van der Waals surface area contributed by atoms with Gasteiger partial charge in [0.15, 0.2) is 5.78 Å². The summed E-state index contributed by atoms with van der Waals surface area (Å²) >= 11 is 0. The van der Waals surface area contributed by atoms with Gasteiger partial charge in [0, 0.05) is 55.7 Å². The van der Waals surface area contributed by atoms with Crippen LogP contribution in [0.15, 0.2) is 36.4 Å². The molecule has 1 aliphatic carbocycles. The number of ketones is 1. The lowest BCUT2D eigenvalue weighted by Crippen LogP contribution is -2.47. The van der Waals surface area contributed by atoms with Crippen LogP contribution in [0.5, 0.6) is 0 Å². The molecular weight excluding hydrogens is 322 g/mol. The first-order chi connectivity index (χ1) is 12.6. The molecule has 0 atom stereocenters. The van der Waals surface area contributed by atoms with Gasteiger partial charge in [-0.15, -0.1) is 0 Å². The number of benzene rings is 1. The van der Waals surface area contributed by atoms with Gasteiger partial charge in [-0.05, 0) is 38.3 Å². The molecule has 1 saturated carbocycles.